The van der Waals surface area contributed by atoms with Crippen LogP contribution in [0.25, 0.3) is 0 Å². The number of hydrogen-bond acceptors (Lipinski definition) is 6. The summed E-state index contributed by atoms with van der Waals surface area (Å²) in [6.07, 6.45) is 1.15. The molecule has 55 heavy (non-hydrogen) atoms. The zero-order chi connectivity index (χ0) is 38.5. The minimum absolute atomic E-state index is 0. The monoisotopic (exact) mass is 773 g/mol. The fourth-order valence-electron chi connectivity index (χ4n) is 6.63. The van der Waals surface area contributed by atoms with E-state index in [1.165, 1.54) is 0 Å². The zero-order valence-corrected chi connectivity index (χ0v) is 32.2. The van der Waals surface area contributed by atoms with Crippen molar-refractivity contribution in [2.45, 2.75) is 97.9 Å². The van der Waals surface area contributed by atoms with Crippen molar-refractivity contribution in [1.82, 2.24) is 20.9 Å². The van der Waals surface area contributed by atoms with Gasteiger partial charge < -0.3 is 30.3 Å². The van der Waals surface area contributed by atoms with Crippen LogP contribution in [0.2, 0.25) is 0 Å². The molecule has 1 aliphatic rings. The van der Waals surface area contributed by atoms with Crippen LogP contribution in [0.4, 0.5) is 4.79 Å². The predicted octanol–water partition coefficient (Wildman–Crippen LogP) is 4.83. The summed E-state index contributed by atoms with van der Waals surface area (Å²) in [5, 5.41) is 9.26. The van der Waals surface area contributed by atoms with E-state index in [0.717, 1.165) is 28.7 Å². The Morgan fingerprint density at radius 1 is 0.873 bits per heavy atom. The Hall–Kier alpha value is -2.86. The first-order chi connectivity index (χ1) is 25.3. The Bertz CT molecular complexity index is 1650. The molecule has 3 N–H and O–H groups in total. The average molecular weight is 774 g/mol. The Morgan fingerprint density at radius 2 is 1.45 bits per heavy atom. The molecular formula is C43H59N4Na2O6. The summed E-state index contributed by atoms with van der Waals surface area (Å²) >= 11 is 0. The number of ether oxygens (including phenoxy) is 2. The van der Waals surface area contributed by atoms with Crippen LogP contribution in [-0.4, -0.2) is 132 Å². The van der Waals surface area contributed by atoms with Crippen molar-refractivity contribution < 1.29 is 28.7 Å². The van der Waals surface area contributed by atoms with Gasteiger partial charge in [-0.05, 0) is 81.5 Å². The molecule has 4 atom stereocenters. The van der Waals surface area contributed by atoms with E-state index in [9.17, 15) is 19.2 Å². The molecule has 0 unspecified atom stereocenters. The molecule has 3 aromatic rings. The first-order valence-corrected chi connectivity index (χ1v) is 18.7. The fourth-order valence-corrected chi connectivity index (χ4v) is 6.63. The minimum atomic E-state index is -0.895. The second-order valence-electron chi connectivity index (χ2n) is 15.0. The van der Waals surface area contributed by atoms with Gasteiger partial charge in [-0.3, -0.25) is 14.4 Å². The number of carbonyl (C=O) groups excluding carboxylic acids is 4. The number of rotatable bonds is 18. The van der Waals surface area contributed by atoms with Gasteiger partial charge in [-0.25, -0.2) is 4.79 Å². The number of urea groups is 1. The van der Waals surface area contributed by atoms with Gasteiger partial charge in [0, 0.05) is 25.6 Å². The molecule has 3 aromatic carbocycles. The molecule has 4 rings (SSSR count). The second-order valence-corrected chi connectivity index (χ2v) is 15.0. The van der Waals surface area contributed by atoms with Gasteiger partial charge in [0.05, 0.1) is 11.5 Å². The van der Waals surface area contributed by atoms with Crippen molar-refractivity contribution >= 4 is 82.9 Å². The van der Waals surface area contributed by atoms with Gasteiger partial charge in [0.1, 0.15) is 17.9 Å². The number of nitrogens with one attached hydrogen (secondary N) is 3. The van der Waals surface area contributed by atoms with Crippen molar-refractivity contribution in [3.8, 4) is 5.75 Å². The summed E-state index contributed by atoms with van der Waals surface area (Å²) in [7, 11) is 0. The van der Waals surface area contributed by atoms with Crippen LogP contribution >= 0.6 is 0 Å². The molecule has 10 nitrogen and oxygen atoms in total. The summed E-state index contributed by atoms with van der Waals surface area (Å²) < 4.78 is 12.4. The van der Waals surface area contributed by atoms with Crippen LogP contribution in [-0.2, 0) is 32.0 Å². The summed E-state index contributed by atoms with van der Waals surface area (Å²) in [5.74, 6) is -0.622. The average Bonchev–Trinajstić information content (AvgIpc) is 3.12. The van der Waals surface area contributed by atoms with Gasteiger partial charge in [-0.1, -0.05) is 99.6 Å². The number of nitrogens with zero attached hydrogens (tertiary/aromatic N) is 1. The molecule has 1 aliphatic heterocycles. The molecule has 1 fully saturated rings. The zero-order valence-electron chi connectivity index (χ0n) is 32.2. The maximum absolute atomic E-state index is 14.2. The van der Waals surface area contributed by atoms with Crippen LogP contribution in [0, 0.1) is 32.1 Å². The molecule has 1 heterocycles. The van der Waals surface area contributed by atoms with Crippen molar-refractivity contribution in [3.05, 3.63) is 108 Å². The van der Waals surface area contributed by atoms with Crippen LogP contribution in [0.3, 0.4) is 0 Å². The Labute approximate surface area is 372 Å². The van der Waals surface area contributed by atoms with Crippen LogP contribution < -0.4 is 20.7 Å². The van der Waals surface area contributed by atoms with Crippen LogP contribution in [0.1, 0.15) is 69.2 Å². The number of esters is 1. The van der Waals surface area contributed by atoms with Gasteiger partial charge in [-0.2, -0.15) is 0 Å². The molecule has 0 aromatic heterocycles. The van der Waals surface area contributed by atoms with Crippen LogP contribution in [0.5, 0.6) is 5.75 Å². The number of hydrogen-bond donors (Lipinski definition) is 3. The van der Waals surface area contributed by atoms with Crippen LogP contribution in [0.15, 0.2) is 78.9 Å². The summed E-state index contributed by atoms with van der Waals surface area (Å²) in [5.41, 5.74) is 2.85. The number of aryl methyl sites for hydroxylation is 2. The molecule has 0 bridgehead atoms. The summed E-state index contributed by atoms with van der Waals surface area (Å²) in [4.78, 5) is 56.2. The van der Waals surface area contributed by atoms with Gasteiger partial charge in [0.15, 0.2) is 6.61 Å². The quantitative estimate of drug-likeness (QED) is 0.126. The molecule has 1 saturated heterocycles. The Kier molecular flexibility index (Phi) is 20.5. The Balaban J connectivity index is 0.00000523. The number of para-hydroxylation sites is 1. The number of benzene rings is 3. The second kappa shape index (κ2) is 23.4. The third-order valence-corrected chi connectivity index (χ3v) is 9.82. The van der Waals surface area contributed by atoms with E-state index in [-0.39, 0.29) is 95.9 Å². The number of carbonyl (C=O) groups is 4. The third-order valence-electron chi connectivity index (χ3n) is 9.82. The van der Waals surface area contributed by atoms with E-state index in [0.29, 0.717) is 38.1 Å². The van der Waals surface area contributed by atoms with Crippen molar-refractivity contribution in [2.75, 3.05) is 19.7 Å². The van der Waals surface area contributed by atoms with E-state index in [4.69, 9.17) is 9.47 Å². The molecule has 4 amide bonds. The topological polar surface area (TPSA) is 126 Å². The first-order valence-electron chi connectivity index (χ1n) is 18.7. The van der Waals surface area contributed by atoms with E-state index in [1.54, 1.807) is 18.7 Å². The van der Waals surface area contributed by atoms with E-state index >= 15 is 0 Å². The van der Waals surface area contributed by atoms with Gasteiger partial charge in [0.25, 0.3) is 5.91 Å². The van der Waals surface area contributed by atoms with Crippen molar-refractivity contribution in [3.63, 3.8) is 0 Å². The third kappa shape index (κ3) is 14.5. The van der Waals surface area contributed by atoms with E-state index in [2.05, 4.69) is 22.9 Å². The Morgan fingerprint density at radius 3 is 2.00 bits per heavy atom. The SMILES string of the molecule is [CH2]CC(C)(C)C(=O)O[C@@H](C[C@@H](Cc1ccccc1)NC(=O)[C@H](C(C)C)N1CCCNC1=O)[C@H](Cc1ccccc1)NC(=O)COc1c(C)cccc1C.[NaH].[NaH]. The molecule has 289 valence electrons. The van der Waals surface area contributed by atoms with E-state index < -0.39 is 35.6 Å². The molecule has 0 saturated carbocycles. The van der Waals surface area contributed by atoms with Gasteiger partial charge in [-0.15, -0.1) is 0 Å². The summed E-state index contributed by atoms with van der Waals surface area (Å²) in [6, 6.07) is 23.1. The van der Waals surface area contributed by atoms with Gasteiger partial charge >= 0.3 is 71.1 Å². The molecule has 12 heteroatoms. The standard InChI is InChI=1S/C43H57N4O6.2Na.2H/c1-8-43(6,7)41(50)53-36(35(26-33-21-13-10-14-22-33)46-37(48)28-52-39-30(4)17-15-18-31(39)5)27-34(25-32-19-11-9-12-20-32)45-40(49)38(29(2)3)47-24-16-23-44-42(47)51;;;;/h9-15,17-22,29,34-36,38H,1,8,16,23-28H2,2-7H3,(H,44,51)(H,45,49)(H,46,48);;;;/t34-,35+,36+,38+;;;;/m1..../s1. The molecule has 0 aliphatic carbocycles. The van der Waals surface area contributed by atoms with Crippen molar-refractivity contribution in [1.29, 1.82) is 0 Å². The number of amides is 4. The first kappa shape index (κ1) is 48.3. The summed E-state index contributed by atoms with van der Waals surface area (Å²) in [6.45, 7) is 16.1. The van der Waals surface area contributed by atoms with Crippen molar-refractivity contribution in [2.24, 2.45) is 11.3 Å². The molecule has 0 spiro atoms. The van der Waals surface area contributed by atoms with Gasteiger partial charge in [0.2, 0.25) is 5.91 Å². The maximum atomic E-state index is 14.2. The van der Waals surface area contributed by atoms with E-state index in [1.807, 2.05) is 107 Å². The molecular weight excluding hydrogens is 714 g/mol. The normalized spacial score (nSPS) is 14.9. The molecule has 1 radical (unpaired) electrons. The fraction of sp³-hybridized carbons (Fsp3) is 0.465. The predicted molar refractivity (Wildman–Crippen MR) is 221 cm³/mol.